The first-order chi connectivity index (χ1) is 7.38. The first-order valence-corrected chi connectivity index (χ1v) is 6.20. The number of nitrogens with one attached hydrogen (secondary N) is 2. The maximum absolute atomic E-state index is 5.42. The number of hydrogen-bond acceptors (Lipinski definition) is 4. The van der Waals surface area contributed by atoms with Gasteiger partial charge in [-0.15, -0.1) is 0 Å². The number of nitrogens with two attached hydrogens (primary N) is 2. The van der Waals surface area contributed by atoms with Gasteiger partial charge in [0, 0.05) is 0 Å². The summed E-state index contributed by atoms with van der Waals surface area (Å²) in [5.41, 5.74) is 10.8. The average molecular weight is 214 g/mol. The van der Waals surface area contributed by atoms with Crippen molar-refractivity contribution in [1.29, 1.82) is 0 Å². The van der Waals surface area contributed by atoms with Crippen LogP contribution >= 0.6 is 0 Å². The molecule has 2 unspecified atom stereocenters. The molecule has 0 aromatic rings. The van der Waals surface area contributed by atoms with Gasteiger partial charge in [0.1, 0.15) is 0 Å². The fourth-order valence-corrected chi connectivity index (χ4v) is 1.84. The van der Waals surface area contributed by atoms with Gasteiger partial charge in [-0.3, -0.25) is 0 Å². The second kappa shape index (κ2) is 8.05. The summed E-state index contributed by atoms with van der Waals surface area (Å²) >= 11 is 0. The third-order valence-electron chi connectivity index (χ3n) is 3.00. The zero-order valence-electron chi connectivity index (χ0n) is 9.67. The molecule has 0 bridgehead atoms. The molecule has 0 radical (unpaired) electrons. The zero-order valence-corrected chi connectivity index (χ0v) is 9.67. The van der Waals surface area contributed by atoms with Crippen LogP contribution in [0.1, 0.15) is 19.3 Å². The molecule has 1 aliphatic rings. The van der Waals surface area contributed by atoms with E-state index in [1.54, 1.807) is 0 Å². The summed E-state index contributed by atoms with van der Waals surface area (Å²) in [5, 5.41) is 6.90. The summed E-state index contributed by atoms with van der Waals surface area (Å²) in [6.07, 6.45) is 3.56. The second-order valence-electron chi connectivity index (χ2n) is 4.45. The first kappa shape index (κ1) is 12.9. The largest absolute Gasteiger partial charge is 0.330 e. The van der Waals surface area contributed by atoms with Crippen molar-refractivity contribution in [2.45, 2.75) is 19.3 Å². The van der Waals surface area contributed by atoms with Crippen LogP contribution in [0, 0.1) is 11.8 Å². The molecule has 0 aromatic carbocycles. The van der Waals surface area contributed by atoms with E-state index < -0.39 is 0 Å². The third-order valence-corrected chi connectivity index (χ3v) is 3.00. The topological polar surface area (TPSA) is 76.1 Å². The first-order valence-electron chi connectivity index (χ1n) is 6.20. The highest BCUT2D eigenvalue weighted by Crippen LogP contribution is 2.36. The Balaban J connectivity index is 1.81. The van der Waals surface area contributed by atoms with Crippen LogP contribution in [0.25, 0.3) is 0 Å². The van der Waals surface area contributed by atoms with Crippen LogP contribution in [0.4, 0.5) is 0 Å². The minimum Gasteiger partial charge on any atom is -0.330 e. The quantitative estimate of drug-likeness (QED) is 0.370. The van der Waals surface area contributed by atoms with Crippen LogP contribution in [0.3, 0.4) is 0 Å². The molecule has 4 heteroatoms. The predicted octanol–water partition coefficient (Wildman–Crippen LogP) is -0.501. The summed E-state index contributed by atoms with van der Waals surface area (Å²) in [5.74, 6) is 1.79. The minimum atomic E-state index is 0.793. The Labute approximate surface area is 93.2 Å². The van der Waals surface area contributed by atoms with E-state index in [1.807, 2.05) is 0 Å². The minimum absolute atomic E-state index is 0.793. The van der Waals surface area contributed by atoms with Crippen molar-refractivity contribution >= 4 is 0 Å². The lowest BCUT2D eigenvalue weighted by Crippen LogP contribution is -2.24. The molecule has 1 aliphatic carbocycles. The molecular formula is C11H26N4. The van der Waals surface area contributed by atoms with Gasteiger partial charge in [-0.2, -0.15) is 0 Å². The van der Waals surface area contributed by atoms with Gasteiger partial charge in [0.15, 0.2) is 0 Å². The van der Waals surface area contributed by atoms with E-state index in [-0.39, 0.29) is 0 Å². The van der Waals surface area contributed by atoms with Crippen LogP contribution in [-0.4, -0.2) is 39.3 Å². The van der Waals surface area contributed by atoms with Gasteiger partial charge in [-0.05, 0) is 70.4 Å². The maximum Gasteiger partial charge on any atom is -0.00173 e. The zero-order chi connectivity index (χ0) is 10.9. The summed E-state index contributed by atoms with van der Waals surface area (Å²) in [6.45, 7) is 6.07. The van der Waals surface area contributed by atoms with Crippen molar-refractivity contribution in [3.8, 4) is 0 Å². The van der Waals surface area contributed by atoms with Gasteiger partial charge < -0.3 is 22.1 Å². The van der Waals surface area contributed by atoms with Crippen molar-refractivity contribution in [2.24, 2.45) is 23.3 Å². The molecule has 1 rings (SSSR count). The normalized spacial score (nSPS) is 24.4. The molecule has 15 heavy (non-hydrogen) atoms. The Hall–Kier alpha value is -0.160. The molecule has 0 saturated heterocycles. The van der Waals surface area contributed by atoms with Crippen molar-refractivity contribution in [3.63, 3.8) is 0 Å². The number of rotatable bonds is 10. The summed E-state index contributed by atoms with van der Waals surface area (Å²) < 4.78 is 0. The number of hydrogen-bond donors (Lipinski definition) is 4. The standard InChI is InChI=1S/C11H26N4/c12-3-1-5-14-8-10-7-11(10)9-15-6-2-4-13/h10-11,14-15H,1-9,12-13H2. The van der Waals surface area contributed by atoms with Gasteiger partial charge in [-0.1, -0.05) is 0 Å². The van der Waals surface area contributed by atoms with Crippen LogP contribution in [0.15, 0.2) is 0 Å². The van der Waals surface area contributed by atoms with E-state index >= 15 is 0 Å². The molecule has 0 amide bonds. The maximum atomic E-state index is 5.42. The van der Waals surface area contributed by atoms with Crippen LogP contribution in [0.5, 0.6) is 0 Å². The van der Waals surface area contributed by atoms with Gasteiger partial charge >= 0.3 is 0 Å². The van der Waals surface area contributed by atoms with E-state index in [2.05, 4.69) is 10.6 Å². The molecule has 2 atom stereocenters. The van der Waals surface area contributed by atoms with E-state index in [0.717, 1.165) is 50.9 Å². The lowest BCUT2D eigenvalue weighted by Gasteiger charge is -2.04. The lowest BCUT2D eigenvalue weighted by molar-refractivity contribution is 0.551. The molecule has 0 spiro atoms. The fourth-order valence-electron chi connectivity index (χ4n) is 1.84. The summed E-state index contributed by atoms with van der Waals surface area (Å²) in [7, 11) is 0. The Morgan fingerprint density at radius 3 is 1.73 bits per heavy atom. The van der Waals surface area contributed by atoms with Crippen LogP contribution in [0.2, 0.25) is 0 Å². The van der Waals surface area contributed by atoms with E-state index in [0.29, 0.717) is 0 Å². The van der Waals surface area contributed by atoms with Gasteiger partial charge in [0.05, 0.1) is 0 Å². The van der Waals surface area contributed by atoms with Crippen molar-refractivity contribution in [3.05, 3.63) is 0 Å². The highest BCUT2D eigenvalue weighted by Gasteiger charge is 2.35. The Morgan fingerprint density at radius 2 is 1.33 bits per heavy atom. The van der Waals surface area contributed by atoms with Gasteiger partial charge in [0.25, 0.3) is 0 Å². The average Bonchev–Trinajstić information content (AvgIpc) is 2.99. The SMILES string of the molecule is NCCCNCC1CC1CNCCCN. The molecule has 90 valence electrons. The molecule has 0 aliphatic heterocycles. The van der Waals surface area contributed by atoms with E-state index in [9.17, 15) is 0 Å². The highest BCUT2D eigenvalue weighted by atomic mass is 14.9. The molecule has 4 nitrogen and oxygen atoms in total. The second-order valence-corrected chi connectivity index (χ2v) is 4.45. The smallest absolute Gasteiger partial charge is 0.00173 e. The summed E-state index contributed by atoms with van der Waals surface area (Å²) in [6, 6.07) is 0. The van der Waals surface area contributed by atoms with Crippen molar-refractivity contribution in [2.75, 3.05) is 39.3 Å². The molecule has 0 heterocycles. The van der Waals surface area contributed by atoms with Gasteiger partial charge in [-0.25, -0.2) is 0 Å². The van der Waals surface area contributed by atoms with E-state index in [1.165, 1.54) is 19.5 Å². The van der Waals surface area contributed by atoms with Crippen LogP contribution < -0.4 is 22.1 Å². The predicted molar refractivity (Wildman–Crippen MR) is 64.7 cm³/mol. The molecule has 0 aromatic heterocycles. The highest BCUT2D eigenvalue weighted by molar-refractivity contribution is 4.89. The van der Waals surface area contributed by atoms with Gasteiger partial charge in [0.2, 0.25) is 0 Å². The molecule has 1 saturated carbocycles. The Morgan fingerprint density at radius 1 is 0.867 bits per heavy atom. The summed E-state index contributed by atoms with van der Waals surface area (Å²) in [4.78, 5) is 0. The fraction of sp³-hybridized carbons (Fsp3) is 1.00. The molecular weight excluding hydrogens is 188 g/mol. The van der Waals surface area contributed by atoms with E-state index in [4.69, 9.17) is 11.5 Å². The van der Waals surface area contributed by atoms with Crippen molar-refractivity contribution in [1.82, 2.24) is 10.6 Å². The molecule has 1 fully saturated rings. The molecule has 6 N–H and O–H groups in total. The monoisotopic (exact) mass is 214 g/mol. The van der Waals surface area contributed by atoms with Crippen LogP contribution in [-0.2, 0) is 0 Å². The Bertz CT molecular complexity index is 136. The lowest BCUT2D eigenvalue weighted by atomic mass is 10.3. The van der Waals surface area contributed by atoms with Crippen molar-refractivity contribution < 1.29 is 0 Å². The third kappa shape index (κ3) is 6.10. The Kier molecular flexibility index (Phi) is 6.92.